The fraction of sp³-hybridized carbons (Fsp3) is 0.448. The Kier molecular flexibility index (Phi) is 10.5. The van der Waals surface area contributed by atoms with E-state index in [0.29, 0.717) is 47.0 Å². The Morgan fingerprint density at radius 1 is 1.23 bits per heavy atom. The summed E-state index contributed by atoms with van der Waals surface area (Å²) >= 11 is 0. The van der Waals surface area contributed by atoms with Crippen LogP contribution in [-0.2, 0) is 23.2 Å². The first-order valence-electron chi connectivity index (χ1n) is 12.6. The summed E-state index contributed by atoms with van der Waals surface area (Å²) < 4.78 is 11.5. The van der Waals surface area contributed by atoms with E-state index in [0.717, 1.165) is 11.1 Å². The molecule has 9 nitrogen and oxygen atoms in total. The lowest BCUT2D eigenvalue weighted by Gasteiger charge is -2.28. The van der Waals surface area contributed by atoms with Crippen molar-refractivity contribution in [3.63, 3.8) is 0 Å². The summed E-state index contributed by atoms with van der Waals surface area (Å²) in [7, 11) is 4.97. The van der Waals surface area contributed by atoms with Crippen LogP contribution in [0.15, 0.2) is 24.3 Å². The summed E-state index contributed by atoms with van der Waals surface area (Å²) in [6.45, 7) is 9.03. The van der Waals surface area contributed by atoms with E-state index in [9.17, 15) is 14.9 Å². The number of nitrogens with one attached hydrogen (secondary N) is 2. The Labute approximate surface area is 241 Å². The van der Waals surface area contributed by atoms with E-state index in [1.165, 1.54) is 0 Å². The number of amidine groups is 1. The normalized spacial score (nSPS) is 12.3. The molecule has 0 fully saturated rings. The van der Waals surface area contributed by atoms with Gasteiger partial charge in [0, 0.05) is 42.9 Å². The van der Waals surface area contributed by atoms with Crippen LogP contribution in [0.3, 0.4) is 0 Å². The van der Waals surface area contributed by atoms with Crippen molar-refractivity contribution < 1.29 is 19.1 Å². The molecule has 210 valence electrons. The minimum Gasteiger partial charge on any atom is -0.494 e. The number of Topliss-reactive ketones (excluding diaryl/α,β-unsaturated/α-hetero) is 1. The molecule has 0 atom stereocenters. The van der Waals surface area contributed by atoms with Crippen LogP contribution in [0.1, 0.15) is 60.3 Å². The number of hydrogen-bond acceptors (Lipinski definition) is 7. The number of nitrogens with zero attached hydrogens (tertiary/aromatic N) is 3. The number of rotatable bonds is 10. The molecule has 0 aromatic heterocycles. The van der Waals surface area contributed by atoms with Gasteiger partial charge in [0.15, 0.2) is 5.78 Å². The molecule has 0 bridgehead atoms. The van der Waals surface area contributed by atoms with Crippen molar-refractivity contribution in [2.45, 2.75) is 46.1 Å². The number of carbonyl (C=O) groups excluding carboxylic acids is 2. The molecule has 0 aliphatic carbocycles. The van der Waals surface area contributed by atoms with Gasteiger partial charge in [-0.1, -0.05) is 20.8 Å². The van der Waals surface area contributed by atoms with Crippen LogP contribution >= 0.6 is 17.0 Å². The molecule has 0 radical (unpaired) electrons. The van der Waals surface area contributed by atoms with Crippen molar-refractivity contribution >= 4 is 40.2 Å². The van der Waals surface area contributed by atoms with Crippen LogP contribution in [0.25, 0.3) is 0 Å². The highest BCUT2D eigenvalue weighted by Crippen LogP contribution is 2.40. The van der Waals surface area contributed by atoms with E-state index in [1.54, 1.807) is 37.1 Å². The molecule has 0 saturated carbocycles. The molecule has 3 rings (SSSR count). The maximum Gasteiger partial charge on any atom is 0.224 e. The monoisotopic (exact) mass is 599 g/mol. The Balaban J connectivity index is 0.00000533. The number of benzene rings is 2. The number of ether oxygens (including phenoxy) is 2. The molecule has 39 heavy (non-hydrogen) atoms. The maximum atomic E-state index is 13.6. The predicted octanol–water partition coefficient (Wildman–Crippen LogP) is 4.24. The van der Waals surface area contributed by atoms with Gasteiger partial charge in [-0.05, 0) is 42.2 Å². The summed E-state index contributed by atoms with van der Waals surface area (Å²) in [5.41, 5.74) is 4.01. The second-order valence-corrected chi connectivity index (χ2v) is 10.4. The average molecular weight is 601 g/mol. The van der Waals surface area contributed by atoms with Crippen LogP contribution in [0, 0.1) is 16.7 Å². The van der Waals surface area contributed by atoms with E-state index in [2.05, 4.69) is 11.4 Å². The third kappa shape index (κ3) is 6.90. The number of halogens is 1. The Hall–Kier alpha value is -3.58. The molecule has 0 saturated heterocycles. The second-order valence-electron chi connectivity index (χ2n) is 10.4. The number of ketones is 1. The SMILES string of the molecule is Br.CCOc1cc2c(cc1CC(=O)NC)C(=N)N(CC(=O)c1cc(N(C)CC#N)c(OC)c(C(C)(C)C)c1)C2. The van der Waals surface area contributed by atoms with Crippen LogP contribution in [-0.4, -0.2) is 63.3 Å². The molecule has 0 spiro atoms. The first-order chi connectivity index (χ1) is 17.9. The van der Waals surface area contributed by atoms with Gasteiger partial charge in [0.1, 0.15) is 23.9 Å². The summed E-state index contributed by atoms with van der Waals surface area (Å²) in [5, 5.41) is 20.7. The van der Waals surface area contributed by atoms with Crippen LogP contribution in [0.4, 0.5) is 5.69 Å². The summed E-state index contributed by atoms with van der Waals surface area (Å²) in [4.78, 5) is 29.1. The predicted molar refractivity (Wildman–Crippen MR) is 158 cm³/mol. The number of nitriles is 1. The van der Waals surface area contributed by atoms with Crippen molar-refractivity contribution in [2.75, 3.05) is 45.8 Å². The molecule has 1 aliphatic rings. The zero-order chi connectivity index (χ0) is 28.2. The lowest BCUT2D eigenvalue weighted by molar-refractivity contribution is -0.119. The van der Waals surface area contributed by atoms with Crippen molar-refractivity contribution in [2.24, 2.45) is 0 Å². The van der Waals surface area contributed by atoms with E-state index in [4.69, 9.17) is 14.9 Å². The third-order valence-electron chi connectivity index (χ3n) is 6.61. The Morgan fingerprint density at radius 3 is 2.49 bits per heavy atom. The number of anilines is 1. The van der Waals surface area contributed by atoms with Crippen molar-refractivity contribution in [1.82, 2.24) is 10.2 Å². The van der Waals surface area contributed by atoms with Crippen molar-refractivity contribution in [1.29, 1.82) is 10.7 Å². The average Bonchev–Trinajstić information content (AvgIpc) is 3.16. The fourth-order valence-corrected chi connectivity index (χ4v) is 4.58. The number of likely N-dealkylation sites (N-methyl/N-ethyl adjacent to an activating group) is 1. The largest absolute Gasteiger partial charge is 0.494 e. The topological polar surface area (TPSA) is 119 Å². The molecule has 2 aromatic rings. The molecule has 2 aromatic carbocycles. The van der Waals surface area contributed by atoms with Gasteiger partial charge in [-0.15, -0.1) is 17.0 Å². The van der Waals surface area contributed by atoms with Gasteiger partial charge in [0.25, 0.3) is 0 Å². The quantitative estimate of drug-likeness (QED) is 0.309. The number of hydrogen-bond donors (Lipinski definition) is 2. The van der Waals surface area contributed by atoms with E-state index < -0.39 is 0 Å². The minimum atomic E-state index is -0.308. The first kappa shape index (κ1) is 31.6. The second kappa shape index (κ2) is 13.0. The molecule has 10 heteroatoms. The number of fused-ring (bicyclic) bond motifs is 1. The maximum absolute atomic E-state index is 13.6. The standard InChI is InChI=1S/C29H37N5O4.BrH/c1-8-38-25-14-20-16-34(28(31)21(20)11-19(25)15-26(36)32-5)17-24(35)18-12-22(29(2,3)4)27(37-7)23(13-18)33(6)10-9-30;/h11-14,31H,8,10,15-17H2,1-7H3,(H,32,36);1H. The molecule has 2 N–H and O–H groups in total. The van der Waals surface area contributed by atoms with E-state index in [-0.39, 0.29) is 59.4 Å². The van der Waals surface area contributed by atoms with Gasteiger partial charge < -0.3 is 24.6 Å². The highest BCUT2D eigenvalue weighted by Gasteiger charge is 2.30. The smallest absolute Gasteiger partial charge is 0.224 e. The molecule has 0 unspecified atom stereocenters. The third-order valence-corrected chi connectivity index (χ3v) is 6.61. The lowest BCUT2D eigenvalue weighted by atomic mass is 9.84. The number of methoxy groups -OCH3 is 1. The van der Waals surface area contributed by atoms with Gasteiger partial charge in [-0.2, -0.15) is 5.26 Å². The number of carbonyl (C=O) groups is 2. The van der Waals surface area contributed by atoms with Crippen LogP contribution < -0.4 is 19.7 Å². The molecule has 1 amide bonds. The molecule has 1 heterocycles. The van der Waals surface area contributed by atoms with E-state index >= 15 is 0 Å². The van der Waals surface area contributed by atoms with Crippen molar-refractivity contribution in [3.8, 4) is 17.6 Å². The summed E-state index contributed by atoms with van der Waals surface area (Å²) in [6, 6.07) is 9.45. The summed E-state index contributed by atoms with van der Waals surface area (Å²) in [5.74, 6) is 1.21. The molecule has 1 aliphatic heterocycles. The fourth-order valence-electron chi connectivity index (χ4n) is 4.58. The highest BCUT2D eigenvalue weighted by molar-refractivity contribution is 8.93. The molecular formula is C29H38BrN5O4. The van der Waals surface area contributed by atoms with Gasteiger partial charge in [0.05, 0.1) is 38.4 Å². The Bertz CT molecular complexity index is 1300. The highest BCUT2D eigenvalue weighted by atomic mass is 79.9. The van der Waals surface area contributed by atoms with Gasteiger partial charge >= 0.3 is 0 Å². The van der Waals surface area contributed by atoms with Crippen molar-refractivity contribution in [3.05, 3.63) is 52.1 Å². The Morgan fingerprint density at radius 2 is 1.92 bits per heavy atom. The van der Waals surface area contributed by atoms with E-state index in [1.807, 2.05) is 45.9 Å². The van der Waals surface area contributed by atoms with Gasteiger partial charge in [-0.25, -0.2) is 0 Å². The zero-order valence-electron chi connectivity index (χ0n) is 23.7. The first-order valence-corrected chi connectivity index (χ1v) is 12.6. The lowest BCUT2D eigenvalue weighted by Crippen LogP contribution is -2.31. The van der Waals surface area contributed by atoms with Gasteiger partial charge in [-0.3, -0.25) is 15.0 Å². The summed E-state index contributed by atoms with van der Waals surface area (Å²) in [6.07, 6.45) is 0.145. The minimum absolute atomic E-state index is 0. The van der Waals surface area contributed by atoms with Crippen LogP contribution in [0.5, 0.6) is 11.5 Å². The number of amides is 1. The molecular weight excluding hydrogens is 562 g/mol. The van der Waals surface area contributed by atoms with Crippen LogP contribution in [0.2, 0.25) is 0 Å². The van der Waals surface area contributed by atoms with Gasteiger partial charge in [0.2, 0.25) is 5.91 Å². The zero-order valence-corrected chi connectivity index (χ0v) is 25.4.